The van der Waals surface area contributed by atoms with Gasteiger partial charge in [-0.3, -0.25) is 4.79 Å². The third-order valence-corrected chi connectivity index (χ3v) is 4.24. The number of benzene rings is 2. The molecule has 0 aromatic heterocycles. The van der Waals surface area contributed by atoms with Gasteiger partial charge in [0.1, 0.15) is 5.75 Å². The molecule has 2 rings (SSSR count). The summed E-state index contributed by atoms with van der Waals surface area (Å²) < 4.78 is 1.53. The summed E-state index contributed by atoms with van der Waals surface area (Å²) in [6.45, 7) is 2.12. The van der Waals surface area contributed by atoms with Gasteiger partial charge in [0.05, 0.1) is 16.3 Å². The fraction of sp³-hybridized carbons (Fsp3) is 0.125. The standard InChI is InChI=1S/C16H15BrIN3O2/c1-10-2-4-13(5-3-10)19-9-15(22)21-20-8-11-6-12(17)7-14(18)16(11)23/h2-8,19,23H,9H2,1H3,(H,21,22)/b20-8+. The van der Waals surface area contributed by atoms with Crippen LogP contribution < -0.4 is 10.7 Å². The van der Waals surface area contributed by atoms with E-state index in [9.17, 15) is 9.90 Å². The van der Waals surface area contributed by atoms with Crippen LogP contribution in [0.4, 0.5) is 5.69 Å². The Hall–Kier alpha value is -1.61. The average molecular weight is 488 g/mol. The van der Waals surface area contributed by atoms with Crippen molar-refractivity contribution in [2.45, 2.75) is 6.92 Å². The Balaban J connectivity index is 1.88. The first kappa shape index (κ1) is 17.7. The number of aromatic hydroxyl groups is 1. The molecular weight excluding hydrogens is 473 g/mol. The SMILES string of the molecule is Cc1ccc(NCC(=O)N/N=C/c2cc(Br)cc(I)c2O)cc1. The molecule has 120 valence electrons. The number of halogens is 2. The van der Waals surface area contributed by atoms with Crippen LogP contribution in [-0.4, -0.2) is 23.8 Å². The molecule has 0 radical (unpaired) electrons. The molecule has 0 saturated carbocycles. The van der Waals surface area contributed by atoms with E-state index in [4.69, 9.17) is 0 Å². The minimum atomic E-state index is -0.272. The van der Waals surface area contributed by atoms with Crippen molar-refractivity contribution in [3.8, 4) is 5.75 Å². The Bertz CT molecular complexity index is 733. The van der Waals surface area contributed by atoms with Gasteiger partial charge in [-0.15, -0.1) is 0 Å². The molecule has 0 atom stereocenters. The monoisotopic (exact) mass is 487 g/mol. The number of hydrogen-bond donors (Lipinski definition) is 3. The zero-order valence-electron chi connectivity index (χ0n) is 12.3. The molecule has 0 unspecified atom stereocenters. The molecule has 0 heterocycles. The largest absolute Gasteiger partial charge is 0.506 e. The maximum atomic E-state index is 11.7. The summed E-state index contributed by atoms with van der Waals surface area (Å²) in [5.41, 5.74) is 4.97. The van der Waals surface area contributed by atoms with Gasteiger partial charge in [0.15, 0.2) is 0 Å². The maximum Gasteiger partial charge on any atom is 0.259 e. The van der Waals surface area contributed by atoms with Crippen molar-refractivity contribution in [1.29, 1.82) is 0 Å². The zero-order valence-corrected chi connectivity index (χ0v) is 16.1. The van der Waals surface area contributed by atoms with E-state index >= 15 is 0 Å². The normalized spacial score (nSPS) is 10.7. The van der Waals surface area contributed by atoms with Gasteiger partial charge in [0, 0.05) is 15.7 Å². The van der Waals surface area contributed by atoms with Crippen LogP contribution in [0.5, 0.6) is 5.75 Å². The second-order valence-corrected chi connectivity index (χ2v) is 6.92. The van der Waals surface area contributed by atoms with Crippen molar-refractivity contribution in [2.24, 2.45) is 5.10 Å². The fourth-order valence-electron chi connectivity index (χ4n) is 1.75. The molecular formula is C16H15BrIN3O2. The fourth-order valence-corrected chi connectivity index (χ4v) is 3.30. The third-order valence-electron chi connectivity index (χ3n) is 2.96. The van der Waals surface area contributed by atoms with Crippen LogP contribution in [0.3, 0.4) is 0 Å². The summed E-state index contributed by atoms with van der Waals surface area (Å²) in [4.78, 5) is 11.7. The highest BCUT2D eigenvalue weighted by Gasteiger charge is 2.05. The number of anilines is 1. The molecule has 1 amide bonds. The predicted molar refractivity (Wildman–Crippen MR) is 104 cm³/mol. The zero-order chi connectivity index (χ0) is 16.8. The van der Waals surface area contributed by atoms with E-state index in [1.54, 1.807) is 12.1 Å². The number of carbonyl (C=O) groups excluding carboxylic acids is 1. The summed E-state index contributed by atoms with van der Waals surface area (Å²) in [6, 6.07) is 11.3. The van der Waals surface area contributed by atoms with Crippen molar-refractivity contribution in [1.82, 2.24) is 5.43 Å². The van der Waals surface area contributed by atoms with Gasteiger partial charge in [-0.1, -0.05) is 33.6 Å². The smallest absolute Gasteiger partial charge is 0.259 e. The van der Waals surface area contributed by atoms with E-state index < -0.39 is 0 Å². The molecule has 0 bridgehead atoms. The minimum absolute atomic E-state index is 0.113. The van der Waals surface area contributed by atoms with E-state index in [0.717, 1.165) is 15.7 Å². The van der Waals surface area contributed by atoms with Crippen molar-refractivity contribution in [3.05, 3.63) is 55.6 Å². The second-order valence-electron chi connectivity index (χ2n) is 4.84. The summed E-state index contributed by atoms with van der Waals surface area (Å²) >= 11 is 5.37. The Morgan fingerprint density at radius 3 is 2.74 bits per heavy atom. The van der Waals surface area contributed by atoms with E-state index in [2.05, 4.69) is 31.8 Å². The molecule has 0 spiro atoms. The number of rotatable bonds is 5. The molecule has 2 aromatic carbocycles. The van der Waals surface area contributed by atoms with E-state index in [1.807, 2.05) is 53.8 Å². The second kappa shape index (κ2) is 8.30. The highest BCUT2D eigenvalue weighted by Crippen LogP contribution is 2.27. The number of phenolic OH excluding ortho intramolecular Hbond substituents is 1. The lowest BCUT2D eigenvalue weighted by Gasteiger charge is -2.06. The Morgan fingerprint density at radius 1 is 1.35 bits per heavy atom. The summed E-state index contributed by atoms with van der Waals surface area (Å²) in [5.74, 6) is -0.143. The first-order valence-electron chi connectivity index (χ1n) is 6.76. The lowest BCUT2D eigenvalue weighted by Crippen LogP contribution is -2.25. The van der Waals surface area contributed by atoms with Crippen molar-refractivity contribution in [2.75, 3.05) is 11.9 Å². The van der Waals surface area contributed by atoms with E-state index in [-0.39, 0.29) is 18.2 Å². The minimum Gasteiger partial charge on any atom is -0.506 e. The van der Waals surface area contributed by atoms with Gasteiger partial charge in [-0.2, -0.15) is 5.10 Å². The van der Waals surface area contributed by atoms with Gasteiger partial charge in [0.25, 0.3) is 5.91 Å². The van der Waals surface area contributed by atoms with Crippen LogP contribution in [-0.2, 0) is 4.79 Å². The third kappa shape index (κ3) is 5.51. The number of nitrogens with one attached hydrogen (secondary N) is 2. The van der Waals surface area contributed by atoms with E-state index in [1.165, 1.54) is 6.21 Å². The number of amides is 1. The molecule has 0 aliphatic heterocycles. The highest BCUT2D eigenvalue weighted by molar-refractivity contribution is 14.1. The summed E-state index contributed by atoms with van der Waals surface area (Å²) in [7, 11) is 0. The number of phenols is 1. The Morgan fingerprint density at radius 2 is 2.04 bits per heavy atom. The molecule has 0 aliphatic rings. The van der Waals surface area contributed by atoms with Crippen LogP contribution in [0.1, 0.15) is 11.1 Å². The first-order chi connectivity index (χ1) is 11.0. The highest BCUT2D eigenvalue weighted by atomic mass is 127. The van der Waals surface area contributed by atoms with Crippen molar-refractivity contribution < 1.29 is 9.90 Å². The molecule has 3 N–H and O–H groups in total. The van der Waals surface area contributed by atoms with Crippen LogP contribution in [0.2, 0.25) is 0 Å². The van der Waals surface area contributed by atoms with Gasteiger partial charge < -0.3 is 10.4 Å². The van der Waals surface area contributed by atoms with Gasteiger partial charge in [-0.25, -0.2) is 5.43 Å². The summed E-state index contributed by atoms with van der Waals surface area (Å²) in [6.07, 6.45) is 1.41. The van der Waals surface area contributed by atoms with Gasteiger partial charge >= 0.3 is 0 Å². The summed E-state index contributed by atoms with van der Waals surface area (Å²) in [5, 5.41) is 16.8. The van der Waals surface area contributed by atoms with Gasteiger partial charge in [-0.05, 0) is 53.8 Å². The number of aryl methyl sites for hydroxylation is 1. The topological polar surface area (TPSA) is 73.7 Å². The lowest BCUT2D eigenvalue weighted by atomic mass is 10.2. The molecule has 0 saturated heterocycles. The maximum absolute atomic E-state index is 11.7. The van der Waals surface area contributed by atoms with Crippen LogP contribution >= 0.6 is 38.5 Å². The molecule has 5 nitrogen and oxygen atoms in total. The molecule has 7 heteroatoms. The number of nitrogens with zero attached hydrogens (tertiary/aromatic N) is 1. The first-order valence-corrected chi connectivity index (χ1v) is 8.63. The molecule has 23 heavy (non-hydrogen) atoms. The van der Waals surface area contributed by atoms with Crippen LogP contribution in [0.25, 0.3) is 0 Å². The number of hydrazone groups is 1. The molecule has 2 aromatic rings. The molecule has 0 aliphatic carbocycles. The number of carbonyl (C=O) groups is 1. The number of hydrogen-bond acceptors (Lipinski definition) is 4. The average Bonchev–Trinajstić information content (AvgIpc) is 2.51. The van der Waals surface area contributed by atoms with Crippen molar-refractivity contribution >= 4 is 56.3 Å². The predicted octanol–water partition coefficient (Wildman–Crippen LogP) is 3.63. The van der Waals surface area contributed by atoms with E-state index in [0.29, 0.717) is 9.13 Å². The lowest BCUT2D eigenvalue weighted by molar-refractivity contribution is -0.119. The molecule has 0 fully saturated rings. The van der Waals surface area contributed by atoms with Crippen molar-refractivity contribution in [3.63, 3.8) is 0 Å². The quantitative estimate of drug-likeness (QED) is 0.342. The van der Waals surface area contributed by atoms with Crippen LogP contribution in [0, 0.1) is 10.5 Å². The van der Waals surface area contributed by atoms with Crippen LogP contribution in [0.15, 0.2) is 46.0 Å². The Kier molecular flexibility index (Phi) is 6.40. The van der Waals surface area contributed by atoms with Gasteiger partial charge in [0.2, 0.25) is 0 Å². The Labute approximate surface area is 156 Å².